The molecule has 1 aliphatic carbocycles. The number of pyridine rings is 1. The Morgan fingerprint density at radius 1 is 1.43 bits per heavy atom. The van der Waals surface area contributed by atoms with E-state index in [0.717, 1.165) is 18.8 Å². The number of carbonyl (C=O) groups is 1. The fourth-order valence-electron chi connectivity index (χ4n) is 2.81. The third-order valence-electron chi connectivity index (χ3n) is 4.13. The van der Waals surface area contributed by atoms with E-state index < -0.39 is 0 Å². The molecule has 0 spiro atoms. The monoisotopic (exact) mass is 286 g/mol. The Balaban J connectivity index is 2.01. The first-order valence-electron chi connectivity index (χ1n) is 7.59. The van der Waals surface area contributed by atoms with Gasteiger partial charge < -0.3 is 10.4 Å². The highest BCUT2D eigenvalue weighted by atomic mass is 16.2. The van der Waals surface area contributed by atoms with Gasteiger partial charge in [-0.3, -0.25) is 9.78 Å². The number of aliphatic hydroxyl groups is 1. The molecular formula is C17H22N2O2. The molecule has 1 aromatic rings. The minimum Gasteiger partial charge on any atom is -0.384 e. The van der Waals surface area contributed by atoms with Gasteiger partial charge >= 0.3 is 0 Å². The van der Waals surface area contributed by atoms with Crippen molar-refractivity contribution in [2.75, 3.05) is 6.61 Å². The summed E-state index contributed by atoms with van der Waals surface area (Å²) >= 11 is 0. The molecule has 0 atom stereocenters. The van der Waals surface area contributed by atoms with Gasteiger partial charge in [0.2, 0.25) is 0 Å². The molecule has 21 heavy (non-hydrogen) atoms. The van der Waals surface area contributed by atoms with Crippen LogP contribution in [0.3, 0.4) is 0 Å². The second-order valence-electron chi connectivity index (χ2n) is 5.48. The van der Waals surface area contributed by atoms with Crippen LogP contribution in [0.5, 0.6) is 0 Å². The molecule has 2 rings (SSSR count). The van der Waals surface area contributed by atoms with E-state index in [0.29, 0.717) is 11.1 Å². The van der Waals surface area contributed by atoms with Crippen molar-refractivity contribution in [1.82, 2.24) is 10.3 Å². The van der Waals surface area contributed by atoms with Crippen molar-refractivity contribution in [3.63, 3.8) is 0 Å². The van der Waals surface area contributed by atoms with E-state index in [1.807, 2.05) is 0 Å². The van der Waals surface area contributed by atoms with E-state index in [-0.39, 0.29) is 18.6 Å². The van der Waals surface area contributed by atoms with Crippen LogP contribution in [0.4, 0.5) is 0 Å². The number of aliphatic hydroxyl groups excluding tert-OH is 1. The molecule has 1 amide bonds. The molecule has 0 radical (unpaired) electrons. The molecule has 2 N–H and O–H groups in total. The normalized spacial score (nSPS) is 21.2. The molecule has 0 unspecified atom stereocenters. The molecule has 1 heterocycles. The number of hydrogen-bond donors (Lipinski definition) is 2. The number of nitrogens with one attached hydrogen (secondary N) is 1. The second-order valence-corrected chi connectivity index (χ2v) is 5.48. The Morgan fingerprint density at radius 3 is 2.86 bits per heavy atom. The lowest BCUT2D eigenvalue weighted by atomic mass is 9.84. The molecular weight excluding hydrogens is 264 g/mol. The maximum absolute atomic E-state index is 12.4. The van der Waals surface area contributed by atoms with E-state index in [1.165, 1.54) is 19.3 Å². The summed E-state index contributed by atoms with van der Waals surface area (Å²) in [6.07, 6.45) is 8.86. The summed E-state index contributed by atoms with van der Waals surface area (Å²) in [5, 5.41) is 11.9. The van der Waals surface area contributed by atoms with Crippen LogP contribution in [0.2, 0.25) is 0 Å². The topological polar surface area (TPSA) is 62.2 Å². The Morgan fingerprint density at radius 2 is 2.19 bits per heavy atom. The van der Waals surface area contributed by atoms with E-state index in [2.05, 4.69) is 29.1 Å². The second kappa shape index (κ2) is 7.80. The highest BCUT2D eigenvalue weighted by Gasteiger charge is 2.22. The highest BCUT2D eigenvalue weighted by Crippen LogP contribution is 2.26. The van der Waals surface area contributed by atoms with E-state index in [1.54, 1.807) is 18.5 Å². The summed E-state index contributed by atoms with van der Waals surface area (Å²) in [6.45, 7) is 2.00. The van der Waals surface area contributed by atoms with Crippen LogP contribution < -0.4 is 5.32 Å². The molecule has 1 fully saturated rings. The SMILES string of the molecule is CCC1CCC(NC(=O)c2ccncc2C#CCO)CC1. The predicted octanol–water partition coefficient (Wildman–Crippen LogP) is 2.12. The summed E-state index contributed by atoms with van der Waals surface area (Å²) in [7, 11) is 0. The molecule has 1 saturated carbocycles. The molecule has 1 aromatic heterocycles. The molecule has 0 aliphatic heterocycles. The van der Waals surface area contributed by atoms with Crippen LogP contribution in [0, 0.1) is 17.8 Å². The average Bonchev–Trinajstić information content (AvgIpc) is 2.54. The van der Waals surface area contributed by atoms with Crippen molar-refractivity contribution < 1.29 is 9.90 Å². The summed E-state index contributed by atoms with van der Waals surface area (Å²) in [5.74, 6) is 6.05. The Bertz CT molecular complexity index is 537. The Kier molecular flexibility index (Phi) is 5.77. The Labute approximate surface area is 126 Å². The zero-order valence-electron chi connectivity index (χ0n) is 12.4. The molecule has 0 aromatic carbocycles. The van der Waals surface area contributed by atoms with E-state index in [4.69, 9.17) is 5.11 Å². The minimum atomic E-state index is -0.225. The maximum Gasteiger partial charge on any atom is 0.252 e. The Hall–Kier alpha value is -1.86. The van der Waals surface area contributed by atoms with Crippen molar-refractivity contribution in [1.29, 1.82) is 0 Å². The lowest BCUT2D eigenvalue weighted by Gasteiger charge is -2.28. The van der Waals surface area contributed by atoms with E-state index in [9.17, 15) is 4.79 Å². The lowest BCUT2D eigenvalue weighted by molar-refractivity contribution is 0.0921. The first-order chi connectivity index (χ1) is 10.2. The standard InChI is InChI=1S/C17H22N2O2/c1-2-13-5-7-15(8-6-13)19-17(21)16-9-10-18-12-14(16)4-3-11-20/h9-10,12-13,15,20H,2,5-8,11H2,1H3,(H,19,21). The first-order valence-corrected chi connectivity index (χ1v) is 7.59. The third kappa shape index (κ3) is 4.30. The zero-order chi connectivity index (χ0) is 15.1. The van der Waals surface area contributed by atoms with Gasteiger partial charge in [-0.15, -0.1) is 0 Å². The van der Waals surface area contributed by atoms with Crippen LogP contribution in [-0.4, -0.2) is 28.6 Å². The molecule has 112 valence electrons. The molecule has 1 aliphatic rings. The summed E-state index contributed by atoms with van der Waals surface area (Å²) in [4.78, 5) is 16.4. The number of carbonyl (C=O) groups excluding carboxylic acids is 1. The fraction of sp³-hybridized carbons (Fsp3) is 0.529. The van der Waals surface area contributed by atoms with Gasteiger partial charge in [-0.2, -0.15) is 0 Å². The molecule has 4 heteroatoms. The molecule has 0 bridgehead atoms. The zero-order valence-corrected chi connectivity index (χ0v) is 12.4. The lowest BCUT2D eigenvalue weighted by Crippen LogP contribution is -2.37. The largest absolute Gasteiger partial charge is 0.384 e. The van der Waals surface area contributed by atoms with Crippen molar-refractivity contribution in [3.8, 4) is 11.8 Å². The van der Waals surface area contributed by atoms with Gasteiger partial charge in [0.1, 0.15) is 6.61 Å². The fourth-order valence-corrected chi connectivity index (χ4v) is 2.81. The maximum atomic E-state index is 12.4. The van der Waals surface area contributed by atoms with Gasteiger partial charge in [-0.05, 0) is 37.7 Å². The van der Waals surface area contributed by atoms with Crippen molar-refractivity contribution in [2.45, 2.75) is 45.1 Å². The molecule has 0 saturated heterocycles. The van der Waals surface area contributed by atoms with Gasteiger partial charge in [-0.25, -0.2) is 0 Å². The van der Waals surface area contributed by atoms with Gasteiger partial charge in [0, 0.05) is 18.4 Å². The number of nitrogens with zero attached hydrogens (tertiary/aromatic N) is 1. The third-order valence-corrected chi connectivity index (χ3v) is 4.13. The number of hydrogen-bond acceptors (Lipinski definition) is 3. The van der Waals surface area contributed by atoms with Gasteiger partial charge in [0.05, 0.1) is 11.1 Å². The summed E-state index contributed by atoms with van der Waals surface area (Å²) in [6, 6.07) is 1.93. The average molecular weight is 286 g/mol. The van der Waals surface area contributed by atoms with Crippen LogP contribution in [0.15, 0.2) is 18.5 Å². The van der Waals surface area contributed by atoms with Gasteiger partial charge in [0.15, 0.2) is 0 Å². The van der Waals surface area contributed by atoms with Crippen molar-refractivity contribution >= 4 is 5.91 Å². The summed E-state index contributed by atoms with van der Waals surface area (Å²) < 4.78 is 0. The molecule has 4 nitrogen and oxygen atoms in total. The van der Waals surface area contributed by atoms with Crippen LogP contribution in [0.25, 0.3) is 0 Å². The number of aromatic nitrogens is 1. The van der Waals surface area contributed by atoms with Crippen molar-refractivity contribution in [2.24, 2.45) is 5.92 Å². The minimum absolute atomic E-state index is 0.0976. The van der Waals surface area contributed by atoms with Crippen LogP contribution in [-0.2, 0) is 0 Å². The first kappa shape index (κ1) is 15.5. The van der Waals surface area contributed by atoms with Gasteiger partial charge in [-0.1, -0.05) is 25.2 Å². The smallest absolute Gasteiger partial charge is 0.252 e. The van der Waals surface area contributed by atoms with Crippen molar-refractivity contribution in [3.05, 3.63) is 29.6 Å². The van der Waals surface area contributed by atoms with Gasteiger partial charge in [0.25, 0.3) is 5.91 Å². The predicted molar refractivity (Wildman–Crippen MR) is 81.7 cm³/mol. The highest BCUT2D eigenvalue weighted by molar-refractivity contribution is 5.96. The summed E-state index contributed by atoms with van der Waals surface area (Å²) in [5.41, 5.74) is 1.09. The quantitative estimate of drug-likeness (QED) is 0.837. The van der Waals surface area contributed by atoms with Crippen LogP contribution in [0.1, 0.15) is 54.9 Å². The van der Waals surface area contributed by atoms with Crippen LogP contribution >= 0.6 is 0 Å². The number of rotatable bonds is 3. The van der Waals surface area contributed by atoms with E-state index >= 15 is 0 Å². The number of amides is 1.